The van der Waals surface area contributed by atoms with Crippen molar-refractivity contribution in [3.63, 3.8) is 0 Å². The first-order valence-electron chi connectivity index (χ1n) is 8.53. The molecule has 1 aliphatic carbocycles. The monoisotopic (exact) mass is 313 g/mol. The van der Waals surface area contributed by atoms with Crippen molar-refractivity contribution in [2.75, 3.05) is 34.4 Å². The van der Waals surface area contributed by atoms with Crippen LogP contribution in [0.15, 0.2) is 0 Å². The number of rotatable bonds is 5. The third kappa shape index (κ3) is 4.00. The van der Waals surface area contributed by atoms with Crippen LogP contribution in [0.2, 0.25) is 0 Å². The van der Waals surface area contributed by atoms with Gasteiger partial charge in [-0.2, -0.15) is 0 Å². The molecule has 1 atom stereocenters. The smallest absolute Gasteiger partial charge is 0.328 e. The predicted octanol–water partition coefficient (Wildman–Crippen LogP) is 2.58. The van der Waals surface area contributed by atoms with Gasteiger partial charge in [0, 0.05) is 14.2 Å². The number of hydrogen-bond donors (Lipinski definition) is 0. The minimum atomic E-state index is -0.576. The van der Waals surface area contributed by atoms with E-state index in [9.17, 15) is 4.79 Å². The highest BCUT2D eigenvalue weighted by Crippen LogP contribution is 2.44. The topological polar surface area (TPSA) is 48.0 Å². The van der Waals surface area contributed by atoms with Gasteiger partial charge in [0.25, 0.3) is 0 Å². The number of esters is 1. The maximum absolute atomic E-state index is 12.2. The first-order valence-corrected chi connectivity index (χ1v) is 8.53. The fourth-order valence-corrected chi connectivity index (χ4v) is 4.26. The molecule has 5 heteroatoms. The van der Waals surface area contributed by atoms with E-state index in [0.29, 0.717) is 5.41 Å². The number of hydrogen-bond acceptors (Lipinski definition) is 5. The zero-order valence-corrected chi connectivity index (χ0v) is 14.3. The fraction of sp³-hybridized carbons (Fsp3) is 0.941. The van der Waals surface area contributed by atoms with Crippen molar-refractivity contribution in [2.24, 2.45) is 5.41 Å². The molecule has 2 fully saturated rings. The Bertz CT molecular complexity index is 351. The van der Waals surface area contributed by atoms with Crippen LogP contribution in [0.4, 0.5) is 0 Å². The predicted molar refractivity (Wildman–Crippen MR) is 84.6 cm³/mol. The lowest BCUT2D eigenvalue weighted by Crippen LogP contribution is -2.51. The van der Waals surface area contributed by atoms with E-state index in [0.717, 1.165) is 19.5 Å². The fourth-order valence-electron chi connectivity index (χ4n) is 4.26. The van der Waals surface area contributed by atoms with Crippen LogP contribution in [0.5, 0.6) is 0 Å². The summed E-state index contributed by atoms with van der Waals surface area (Å²) in [7, 11) is 4.58. The van der Waals surface area contributed by atoms with Gasteiger partial charge in [0.1, 0.15) is 0 Å². The van der Waals surface area contributed by atoms with E-state index in [1.807, 2.05) is 0 Å². The molecule has 2 aliphatic rings. The quantitative estimate of drug-likeness (QED) is 0.577. The van der Waals surface area contributed by atoms with Gasteiger partial charge >= 0.3 is 5.97 Å². The third-order valence-electron chi connectivity index (χ3n) is 5.55. The number of ether oxygens (including phenoxy) is 3. The molecule has 1 heterocycles. The van der Waals surface area contributed by atoms with Crippen LogP contribution < -0.4 is 0 Å². The second kappa shape index (κ2) is 8.27. The lowest BCUT2D eigenvalue weighted by Gasteiger charge is -2.37. The van der Waals surface area contributed by atoms with Crippen molar-refractivity contribution in [2.45, 2.75) is 63.7 Å². The Morgan fingerprint density at radius 1 is 0.909 bits per heavy atom. The first-order chi connectivity index (χ1) is 10.7. The Hall–Kier alpha value is -0.650. The van der Waals surface area contributed by atoms with E-state index < -0.39 is 12.3 Å². The molecule has 5 nitrogen and oxygen atoms in total. The van der Waals surface area contributed by atoms with Crippen LogP contribution in [0.25, 0.3) is 0 Å². The number of nitrogens with zero attached hydrogens (tertiary/aromatic N) is 1. The third-order valence-corrected chi connectivity index (χ3v) is 5.55. The molecule has 1 spiro atoms. The van der Waals surface area contributed by atoms with E-state index in [-0.39, 0.29) is 5.97 Å². The van der Waals surface area contributed by atoms with Gasteiger partial charge in [-0.15, -0.1) is 0 Å². The van der Waals surface area contributed by atoms with Crippen molar-refractivity contribution in [1.29, 1.82) is 0 Å². The minimum Gasteiger partial charge on any atom is -0.468 e. The first kappa shape index (κ1) is 17.7. The summed E-state index contributed by atoms with van der Waals surface area (Å²) in [4.78, 5) is 14.4. The standard InChI is InChI=1S/C17H31NO4/c1-20-15(19)14(16(21-2)22-3)18-12-7-10-17(11-13-18)8-5-4-6-9-17/h14,16H,4-13H2,1-3H3. The molecule has 1 saturated heterocycles. The van der Waals surface area contributed by atoms with Crippen LogP contribution in [-0.2, 0) is 19.0 Å². The molecule has 0 aromatic rings. The number of methoxy groups -OCH3 is 3. The molecule has 1 aliphatic heterocycles. The molecule has 0 bridgehead atoms. The number of carbonyl (C=O) groups excluding carboxylic acids is 1. The van der Waals surface area contributed by atoms with Gasteiger partial charge in [-0.1, -0.05) is 19.3 Å². The van der Waals surface area contributed by atoms with Crippen molar-refractivity contribution in [3.05, 3.63) is 0 Å². The van der Waals surface area contributed by atoms with Gasteiger partial charge < -0.3 is 14.2 Å². The average molecular weight is 313 g/mol. The second-order valence-corrected chi connectivity index (χ2v) is 6.76. The van der Waals surface area contributed by atoms with Crippen LogP contribution >= 0.6 is 0 Å². The number of carbonyl (C=O) groups is 1. The molecule has 2 rings (SSSR count). The number of likely N-dealkylation sites (tertiary alicyclic amines) is 1. The molecular formula is C17H31NO4. The minimum absolute atomic E-state index is 0.270. The van der Waals surface area contributed by atoms with E-state index in [2.05, 4.69) is 4.90 Å². The van der Waals surface area contributed by atoms with E-state index in [1.54, 1.807) is 14.2 Å². The average Bonchev–Trinajstić information content (AvgIpc) is 2.75. The Labute approximate surface area is 134 Å². The van der Waals surface area contributed by atoms with Gasteiger partial charge in [0.2, 0.25) is 0 Å². The molecule has 0 N–H and O–H groups in total. The van der Waals surface area contributed by atoms with Crippen LogP contribution in [0.1, 0.15) is 51.4 Å². The normalized spacial score (nSPS) is 24.2. The lowest BCUT2D eigenvalue weighted by atomic mass is 9.69. The molecule has 1 saturated carbocycles. The SMILES string of the molecule is COC(=O)C(C(OC)OC)N1CCCC2(CCCCC2)CC1. The van der Waals surface area contributed by atoms with Gasteiger partial charge in [0.05, 0.1) is 7.11 Å². The molecule has 0 amide bonds. The van der Waals surface area contributed by atoms with Crippen molar-refractivity contribution < 1.29 is 19.0 Å². The summed E-state index contributed by atoms with van der Waals surface area (Å²) in [5.41, 5.74) is 0.503. The molecule has 0 aromatic heterocycles. The highest BCUT2D eigenvalue weighted by atomic mass is 16.7. The Balaban J connectivity index is 2.07. The Morgan fingerprint density at radius 2 is 1.55 bits per heavy atom. The molecular weight excluding hydrogens is 282 g/mol. The highest BCUT2D eigenvalue weighted by molar-refractivity contribution is 5.76. The lowest BCUT2D eigenvalue weighted by molar-refractivity contribution is -0.179. The van der Waals surface area contributed by atoms with Gasteiger partial charge in [0.15, 0.2) is 12.3 Å². The van der Waals surface area contributed by atoms with E-state index >= 15 is 0 Å². The maximum Gasteiger partial charge on any atom is 0.328 e. The van der Waals surface area contributed by atoms with Gasteiger partial charge in [-0.25, -0.2) is 0 Å². The van der Waals surface area contributed by atoms with Crippen LogP contribution in [-0.4, -0.2) is 57.6 Å². The van der Waals surface area contributed by atoms with E-state index in [1.165, 1.54) is 52.1 Å². The zero-order valence-electron chi connectivity index (χ0n) is 14.3. The summed E-state index contributed by atoms with van der Waals surface area (Å²) < 4.78 is 15.7. The van der Waals surface area contributed by atoms with Gasteiger partial charge in [-0.05, 0) is 50.6 Å². The van der Waals surface area contributed by atoms with Crippen molar-refractivity contribution in [1.82, 2.24) is 4.90 Å². The second-order valence-electron chi connectivity index (χ2n) is 6.76. The van der Waals surface area contributed by atoms with Gasteiger partial charge in [-0.3, -0.25) is 9.69 Å². The van der Waals surface area contributed by atoms with Crippen LogP contribution in [0.3, 0.4) is 0 Å². The molecule has 22 heavy (non-hydrogen) atoms. The Kier molecular flexibility index (Phi) is 6.66. The summed E-state index contributed by atoms with van der Waals surface area (Å²) >= 11 is 0. The van der Waals surface area contributed by atoms with Crippen molar-refractivity contribution in [3.8, 4) is 0 Å². The maximum atomic E-state index is 12.2. The highest BCUT2D eigenvalue weighted by Gasteiger charge is 2.40. The molecule has 0 aromatic carbocycles. The zero-order chi connectivity index (χ0) is 16.0. The van der Waals surface area contributed by atoms with Crippen molar-refractivity contribution >= 4 is 5.97 Å². The summed E-state index contributed by atoms with van der Waals surface area (Å²) in [5, 5.41) is 0. The van der Waals surface area contributed by atoms with Crippen LogP contribution in [0, 0.1) is 5.41 Å². The van der Waals surface area contributed by atoms with E-state index in [4.69, 9.17) is 14.2 Å². The largest absolute Gasteiger partial charge is 0.468 e. The molecule has 128 valence electrons. The molecule has 0 radical (unpaired) electrons. The summed E-state index contributed by atoms with van der Waals surface area (Å²) in [6.07, 6.45) is 9.80. The summed E-state index contributed by atoms with van der Waals surface area (Å²) in [6.45, 7) is 1.83. The molecule has 1 unspecified atom stereocenters. The Morgan fingerprint density at radius 3 is 2.14 bits per heavy atom. The summed E-state index contributed by atoms with van der Waals surface area (Å²) in [6, 6.07) is -0.473. The summed E-state index contributed by atoms with van der Waals surface area (Å²) in [5.74, 6) is -0.270.